The van der Waals surface area contributed by atoms with Gasteiger partial charge in [-0.15, -0.1) is 0 Å². The number of hydrogen-bond acceptors (Lipinski definition) is 8. The zero-order valence-corrected chi connectivity index (χ0v) is 27.6. The molecule has 0 amide bonds. The number of carbonyl (C=O) groups excluding carboxylic acids is 2. The van der Waals surface area contributed by atoms with Gasteiger partial charge in [0.25, 0.3) is 0 Å². The zero-order chi connectivity index (χ0) is 29.3. The summed E-state index contributed by atoms with van der Waals surface area (Å²) < 4.78 is 23.9. The molecule has 2 aromatic rings. The van der Waals surface area contributed by atoms with Crippen molar-refractivity contribution in [1.82, 2.24) is 0 Å². The number of hydrogen-bond donors (Lipinski definition) is 2. The lowest BCUT2D eigenvalue weighted by atomic mass is 9.78. The fourth-order valence-electron chi connectivity index (χ4n) is 3.21. The highest BCUT2D eigenvalue weighted by molar-refractivity contribution is 9.11. The lowest BCUT2D eigenvalue weighted by molar-refractivity contribution is -0.142. The maximum Gasteiger partial charge on any atom is 0.330 e. The number of esters is 2. The number of benzene rings is 2. The Bertz CT molecular complexity index is 1080. The standard InChI is InChI=1S/C27H28Br4O8/c1-5-23(34)36-11-17(32)13-38-25-19(28)7-15(8-20(25)29)27(3,4)16-9-21(30)26(22(31)10-16)39-14-18(33)12-37-24(35)6-2/h5-10,17-18,32-33H,1-2,11-14H2,3-4H3. The first-order valence-electron chi connectivity index (χ1n) is 11.5. The van der Waals surface area contributed by atoms with Crippen molar-refractivity contribution in [1.29, 1.82) is 0 Å². The molecule has 0 radical (unpaired) electrons. The van der Waals surface area contributed by atoms with Crippen LogP contribution in [0.2, 0.25) is 0 Å². The van der Waals surface area contributed by atoms with Crippen molar-refractivity contribution in [3.8, 4) is 11.5 Å². The molecule has 0 fully saturated rings. The van der Waals surface area contributed by atoms with Crippen LogP contribution < -0.4 is 9.47 Å². The van der Waals surface area contributed by atoms with Gasteiger partial charge in [0.05, 0.1) is 17.9 Å². The summed E-state index contributed by atoms with van der Waals surface area (Å²) in [6.07, 6.45) is 0.0239. The molecule has 0 aromatic heterocycles. The zero-order valence-electron chi connectivity index (χ0n) is 21.2. The van der Waals surface area contributed by atoms with Crippen molar-refractivity contribution < 1.29 is 38.7 Å². The normalized spacial score (nSPS) is 12.7. The molecule has 0 saturated carbocycles. The Morgan fingerprint density at radius 2 is 1.05 bits per heavy atom. The minimum atomic E-state index is -1.01. The molecule has 8 nitrogen and oxygen atoms in total. The van der Waals surface area contributed by atoms with Crippen LogP contribution in [0.1, 0.15) is 25.0 Å². The van der Waals surface area contributed by atoms with Crippen molar-refractivity contribution in [3.05, 3.63) is 78.6 Å². The summed E-state index contributed by atoms with van der Waals surface area (Å²) in [5.74, 6) is -0.255. The fraction of sp³-hybridized carbons (Fsp3) is 0.333. The average molecular weight is 800 g/mol. The number of halogens is 4. The third-order valence-electron chi connectivity index (χ3n) is 5.45. The van der Waals surface area contributed by atoms with Gasteiger partial charge in [-0.3, -0.25) is 0 Å². The van der Waals surface area contributed by atoms with E-state index in [1.54, 1.807) is 0 Å². The van der Waals surface area contributed by atoms with E-state index in [2.05, 4.69) is 90.7 Å². The largest absolute Gasteiger partial charge is 0.488 e. The van der Waals surface area contributed by atoms with Crippen LogP contribution in [0.4, 0.5) is 0 Å². The predicted octanol–water partition coefficient (Wildman–Crippen LogP) is 6.00. The van der Waals surface area contributed by atoms with Gasteiger partial charge in [0.2, 0.25) is 0 Å². The van der Waals surface area contributed by atoms with E-state index in [1.807, 2.05) is 24.3 Å². The van der Waals surface area contributed by atoms with Gasteiger partial charge in [0.15, 0.2) is 0 Å². The SMILES string of the molecule is C=CC(=O)OCC(O)COc1c(Br)cc(C(C)(C)c2cc(Br)c(OCC(O)COC(=O)C=C)c(Br)c2)cc1Br. The lowest BCUT2D eigenvalue weighted by Crippen LogP contribution is -2.25. The van der Waals surface area contributed by atoms with E-state index >= 15 is 0 Å². The van der Waals surface area contributed by atoms with Gasteiger partial charge in [-0.05, 0) is 99.1 Å². The molecular weight excluding hydrogens is 772 g/mol. The fourth-order valence-corrected chi connectivity index (χ4v) is 6.04. The first kappa shape index (κ1) is 33.5. The van der Waals surface area contributed by atoms with Gasteiger partial charge < -0.3 is 29.2 Å². The van der Waals surface area contributed by atoms with Crippen LogP contribution in [0.3, 0.4) is 0 Å². The van der Waals surface area contributed by atoms with Crippen molar-refractivity contribution >= 4 is 75.7 Å². The Hall–Kier alpha value is -1.70. The number of aliphatic hydroxyl groups excluding tert-OH is 2. The molecule has 212 valence electrons. The highest BCUT2D eigenvalue weighted by Gasteiger charge is 2.28. The molecule has 0 saturated heterocycles. The van der Waals surface area contributed by atoms with E-state index in [4.69, 9.17) is 18.9 Å². The van der Waals surface area contributed by atoms with Crippen LogP contribution in [-0.4, -0.2) is 60.8 Å². The van der Waals surface area contributed by atoms with Crippen LogP contribution in [0.25, 0.3) is 0 Å². The summed E-state index contributed by atoms with van der Waals surface area (Å²) in [5, 5.41) is 20.1. The third kappa shape index (κ3) is 9.72. The molecular formula is C27H28Br4O8. The van der Waals surface area contributed by atoms with Crippen molar-refractivity contribution in [2.75, 3.05) is 26.4 Å². The van der Waals surface area contributed by atoms with Gasteiger partial charge in [0.1, 0.15) is 50.1 Å². The van der Waals surface area contributed by atoms with Crippen LogP contribution in [-0.2, 0) is 24.5 Å². The van der Waals surface area contributed by atoms with Gasteiger partial charge in [-0.2, -0.15) is 0 Å². The van der Waals surface area contributed by atoms with Crippen LogP contribution >= 0.6 is 63.7 Å². The maximum atomic E-state index is 11.2. The summed E-state index contributed by atoms with van der Waals surface area (Å²) in [6.45, 7) is 10.1. The molecule has 2 unspecified atom stereocenters. The minimum Gasteiger partial charge on any atom is -0.488 e. The highest BCUT2D eigenvalue weighted by atomic mass is 79.9. The quantitative estimate of drug-likeness (QED) is 0.177. The van der Waals surface area contributed by atoms with E-state index in [-0.39, 0.29) is 26.4 Å². The molecule has 2 N–H and O–H groups in total. The molecule has 0 bridgehead atoms. The first-order chi connectivity index (χ1) is 18.3. The van der Waals surface area contributed by atoms with Crippen LogP contribution in [0.15, 0.2) is 67.5 Å². The van der Waals surface area contributed by atoms with Gasteiger partial charge in [0, 0.05) is 17.6 Å². The van der Waals surface area contributed by atoms with E-state index in [0.29, 0.717) is 29.4 Å². The van der Waals surface area contributed by atoms with E-state index in [0.717, 1.165) is 23.3 Å². The number of rotatable bonds is 14. The summed E-state index contributed by atoms with van der Waals surface area (Å²) in [6, 6.07) is 7.71. The maximum absolute atomic E-state index is 11.2. The number of ether oxygens (including phenoxy) is 4. The molecule has 0 aliphatic heterocycles. The second-order valence-corrected chi connectivity index (χ2v) is 12.2. The topological polar surface area (TPSA) is 112 Å². The summed E-state index contributed by atoms with van der Waals surface area (Å²) in [7, 11) is 0. The second-order valence-electron chi connectivity index (χ2n) is 8.76. The molecule has 0 spiro atoms. The second kappa shape index (κ2) is 15.3. The Balaban J connectivity index is 2.16. The third-order valence-corrected chi connectivity index (χ3v) is 7.81. The van der Waals surface area contributed by atoms with Gasteiger partial charge in [-0.25, -0.2) is 9.59 Å². The van der Waals surface area contributed by atoms with E-state index < -0.39 is 29.6 Å². The van der Waals surface area contributed by atoms with Crippen molar-refractivity contribution in [3.63, 3.8) is 0 Å². The molecule has 12 heteroatoms. The van der Waals surface area contributed by atoms with Crippen molar-refractivity contribution in [2.24, 2.45) is 0 Å². The minimum absolute atomic E-state index is 0.0862. The molecule has 2 rings (SSSR count). The molecule has 39 heavy (non-hydrogen) atoms. The summed E-state index contributed by atoms with van der Waals surface area (Å²) in [4.78, 5) is 22.3. The Labute approximate surface area is 260 Å². The van der Waals surface area contributed by atoms with E-state index in [1.165, 1.54) is 0 Å². The Kier molecular flexibility index (Phi) is 13.2. The van der Waals surface area contributed by atoms with Crippen LogP contribution in [0, 0.1) is 0 Å². The summed E-state index contributed by atoms with van der Waals surface area (Å²) in [5.41, 5.74) is 1.45. The number of carbonyl (C=O) groups is 2. The smallest absolute Gasteiger partial charge is 0.330 e. The van der Waals surface area contributed by atoms with Gasteiger partial charge in [-0.1, -0.05) is 27.0 Å². The molecule has 0 aliphatic rings. The first-order valence-corrected chi connectivity index (χ1v) is 14.7. The van der Waals surface area contributed by atoms with Crippen molar-refractivity contribution in [2.45, 2.75) is 31.5 Å². The molecule has 0 heterocycles. The average Bonchev–Trinajstić information content (AvgIpc) is 2.88. The molecule has 0 aliphatic carbocycles. The monoisotopic (exact) mass is 796 g/mol. The Morgan fingerprint density at radius 1 is 0.744 bits per heavy atom. The van der Waals surface area contributed by atoms with Gasteiger partial charge >= 0.3 is 11.9 Å². The van der Waals surface area contributed by atoms with E-state index in [9.17, 15) is 19.8 Å². The lowest BCUT2D eigenvalue weighted by Gasteiger charge is -2.28. The van der Waals surface area contributed by atoms with Crippen LogP contribution in [0.5, 0.6) is 11.5 Å². The Morgan fingerprint density at radius 3 is 1.33 bits per heavy atom. The number of aliphatic hydroxyl groups is 2. The predicted molar refractivity (Wildman–Crippen MR) is 161 cm³/mol. The molecule has 2 aromatic carbocycles. The molecule has 2 atom stereocenters. The highest BCUT2D eigenvalue weighted by Crippen LogP contribution is 2.44. The summed E-state index contributed by atoms with van der Waals surface area (Å²) >= 11 is 14.2.